The number of hydrogen-bond acceptors (Lipinski definition) is 3. The van der Waals surface area contributed by atoms with E-state index < -0.39 is 11.9 Å². The number of primary amides is 1. The van der Waals surface area contributed by atoms with E-state index in [2.05, 4.69) is 20.8 Å². The van der Waals surface area contributed by atoms with Crippen LogP contribution >= 0.6 is 15.9 Å². The highest BCUT2D eigenvalue weighted by Gasteiger charge is 2.20. The van der Waals surface area contributed by atoms with Crippen LogP contribution in [-0.4, -0.2) is 30.1 Å². The maximum absolute atomic E-state index is 11.2. The fraction of sp³-hybridized carbons (Fsp3) is 0.467. The molecule has 1 saturated heterocycles. The van der Waals surface area contributed by atoms with Crippen molar-refractivity contribution in [1.82, 2.24) is 0 Å². The van der Waals surface area contributed by atoms with Gasteiger partial charge < -0.3 is 15.7 Å². The smallest absolute Gasteiger partial charge is 0.303 e. The number of benzene rings is 1. The van der Waals surface area contributed by atoms with Crippen LogP contribution in [0.1, 0.15) is 36.0 Å². The number of halogens is 1. The van der Waals surface area contributed by atoms with E-state index in [4.69, 9.17) is 10.8 Å². The molecule has 2 rings (SSSR count). The van der Waals surface area contributed by atoms with Crippen LogP contribution in [0.25, 0.3) is 0 Å². The Morgan fingerprint density at radius 3 is 2.52 bits per heavy atom. The van der Waals surface area contributed by atoms with Crippen molar-refractivity contribution < 1.29 is 14.7 Å². The summed E-state index contributed by atoms with van der Waals surface area (Å²) in [6.45, 7) is 1.82. The second kappa shape index (κ2) is 6.93. The highest BCUT2D eigenvalue weighted by Crippen LogP contribution is 2.29. The van der Waals surface area contributed by atoms with Gasteiger partial charge in [-0.15, -0.1) is 0 Å². The van der Waals surface area contributed by atoms with Gasteiger partial charge in [0.2, 0.25) is 5.91 Å². The first kappa shape index (κ1) is 15.8. The standard InChI is InChI=1S/C15H19BrN2O3/c16-13-9-11(2-3-12(13)15(17)21)18-7-5-10(6-8-18)1-4-14(19)20/h2-3,9-10H,1,4-8H2,(H2,17,21)(H,19,20). The van der Waals surface area contributed by atoms with E-state index in [-0.39, 0.29) is 6.42 Å². The molecule has 0 unspecified atom stereocenters. The van der Waals surface area contributed by atoms with Crippen molar-refractivity contribution >= 4 is 33.5 Å². The first-order chi connectivity index (χ1) is 9.97. The summed E-state index contributed by atoms with van der Waals surface area (Å²) in [4.78, 5) is 24.1. The molecule has 114 valence electrons. The summed E-state index contributed by atoms with van der Waals surface area (Å²) in [5, 5.41) is 8.72. The van der Waals surface area contributed by atoms with Gasteiger partial charge in [-0.05, 0) is 59.3 Å². The lowest BCUT2D eigenvalue weighted by Crippen LogP contribution is -2.33. The number of amides is 1. The lowest BCUT2D eigenvalue weighted by atomic mass is 9.92. The molecule has 5 nitrogen and oxygen atoms in total. The largest absolute Gasteiger partial charge is 0.481 e. The molecule has 3 N–H and O–H groups in total. The Morgan fingerprint density at radius 1 is 1.33 bits per heavy atom. The van der Waals surface area contributed by atoms with E-state index in [1.165, 1.54) is 0 Å². The number of carbonyl (C=O) groups excluding carboxylic acids is 1. The predicted octanol–water partition coefficient (Wildman–Crippen LogP) is 2.63. The van der Waals surface area contributed by atoms with Crippen LogP contribution < -0.4 is 10.6 Å². The Balaban J connectivity index is 1.94. The molecule has 1 aliphatic heterocycles. The molecule has 0 saturated carbocycles. The van der Waals surface area contributed by atoms with Crippen LogP contribution in [0, 0.1) is 5.92 Å². The van der Waals surface area contributed by atoms with Gasteiger partial charge >= 0.3 is 5.97 Å². The molecule has 1 amide bonds. The van der Waals surface area contributed by atoms with Crippen molar-refractivity contribution in [3.8, 4) is 0 Å². The highest BCUT2D eigenvalue weighted by molar-refractivity contribution is 9.10. The zero-order chi connectivity index (χ0) is 15.4. The van der Waals surface area contributed by atoms with Gasteiger partial charge in [0.05, 0.1) is 5.56 Å². The van der Waals surface area contributed by atoms with Gasteiger partial charge in [-0.2, -0.15) is 0 Å². The molecule has 1 heterocycles. The third-order valence-corrected chi connectivity index (χ3v) is 4.62. The van der Waals surface area contributed by atoms with Crippen molar-refractivity contribution in [3.63, 3.8) is 0 Å². The zero-order valence-corrected chi connectivity index (χ0v) is 13.3. The first-order valence-corrected chi connectivity index (χ1v) is 7.82. The molecule has 6 heteroatoms. The predicted molar refractivity (Wildman–Crippen MR) is 84.5 cm³/mol. The average Bonchev–Trinajstić information content (AvgIpc) is 2.45. The molecule has 0 aromatic heterocycles. The molecule has 0 spiro atoms. The van der Waals surface area contributed by atoms with Gasteiger partial charge in [0, 0.05) is 29.7 Å². The molecular formula is C15H19BrN2O3. The Kier molecular flexibility index (Phi) is 5.22. The summed E-state index contributed by atoms with van der Waals surface area (Å²) in [7, 11) is 0. The monoisotopic (exact) mass is 354 g/mol. The van der Waals surface area contributed by atoms with E-state index in [1.807, 2.05) is 12.1 Å². The summed E-state index contributed by atoms with van der Waals surface area (Å²) in [6.07, 6.45) is 3.02. The van der Waals surface area contributed by atoms with Gasteiger partial charge in [-0.1, -0.05) is 0 Å². The fourth-order valence-corrected chi connectivity index (χ4v) is 3.27. The number of nitrogens with zero attached hydrogens (tertiary/aromatic N) is 1. The molecule has 1 aromatic rings. The second-order valence-corrected chi connectivity index (χ2v) is 6.25. The molecule has 1 aromatic carbocycles. The number of rotatable bonds is 5. The van der Waals surface area contributed by atoms with Gasteiger partial charge in [-0.3, -0.25) is 9.59 Å². The average molecular weight is 355 g/mol. The Hall–Kier alpha value is -1.56. The maximum Gasteiger partial charge on any atom is 0.303 e. The third kappa shape index (κ3) is 4.20. The first-order valence-electron chi connectivity index (χ1n) is 7.03. The molecule has 0 bridgehead atoms. The van der Waals surface area contributed by atoms with E-state index >= 15 is 0 Å². The highest BCUT2D eigenvalue weighted by atomic mass is 79.9. The molecule has 1 aliphatic rings. The number of carboxylic acid groups (broad SMARTS) is 1. The lowest BCUT2D eigenvalue weighted by molar-refractivity contribution is -0.137. The van der Waals surface area contributed by atoms with Crippen molar-refractivity contribution in [2.24, 2.45) is 11.7 Å². The molecule has 21 heavy (non-hydrogen) atoms. The van der Waals surface area contributed by atoms with Gasteiger partial charge in [-0.25, -0.2) is 0 Å². The number of aliphatic carboxylic acids is 1. The van der Waals surface area contributed by atoms with Gasteiger partial charge in [0.1, 0.15) is 0 Å². The molecule has 0 radical (unpaired) electrons. The minimum absolute atomic E-state index is 0.253. The third-order valence-electron chi connectivity index (χ3n) is 3.96. The number of hydrogen-bond donors (Lipinski definition) is 2. The summed E-state index contributed by atoms with van der Waals surface area (Å²) in [6, 6.07) is 5.55. The van der Waals surface area contributed by atoms with Crippen molar-refractivity contribution in [1.29, 1.82) is 0 Å². The van der Waals surface area contributed by atoms with E-state index in [0.29, 0.717) is 16.0 Å². The van der Waals surface area contributed by atoms with Crippen LogP contribution in [0.2, 0.25) is 0 Å². The summed E-state index contributed by atoms with van der Waals surface area (Å²) in [5.74, 6) is -0.671. The minimum Gasteiger partial charge on any atom is -0.481 e. The van der Waals surface area contributed by atoms with Crippen LogP contribution in [-0.2, 0) is 4.79 Å². The van der Waals surface area contributed by atoms with E-state index in [1.54, 1.807) is 6.07 Å². The van der Waals surface area contributed by atoms with Crippen molar-refractivity contribution in [3.05, 3.63) is 28.2 Å². The van der Waals surface area contributed by atoms with Crippen LogP contribution in [0.15, 0.2) is 22.7 Å². The Morgan fingerprint density at radius 2 is 2.00 bits per heavy atom. The van der Waals surface area contributed by atoms with Gasteiger partial charge in [0.15, 0.2) is 0 Å². The van der Waals surface area contributed by atoms with E-state index in [9.17, 15) is 9.59 Å². The molecular weight excluding hydrogens is 336 g/mol. The number of piperidine rings is 1. The Labute approximate surface area is 132 Å². The quantitative estimate of drug-likeness (QED) is 0.851. The summed E-state index contributed by atoms with van der Waals surface area (Å²) >= 11 is 3.37. The van der Waals surface area contributed by atoms with Gasteiger partial charge in [0.25, 0.3) is 0 Å². The van der Waals surface area contributed by atoms with Crippen LogP contribution in [0.4, 0.5) is 5.69 Å². The number of nitrogens with two attached hydrogens (primary N) is 1. The normalized spacial score (nSPS) is 16.0. The van der Waals surface area contributed by atoms with Crippen LogP contribution in [0.5, 0.6) is 0 Å². The summed E-state index contributed by atoms with van der Waals surface area (Å²) in [5.41, 5.74) is 6.83. The lowest BCUT2D eigenvalue weighted by Gasteiger charge is -2.33. The SMILES string of the molecule is NC(=O)c1ccc(N2CCC(CCC(=O)O)CC2)cc1Br. The molecule has 0 atom stereocenters. The Bertz CT molecular complexity index is 540. The number of carbonyl (C=O) groups is 2. The zero-order valence-electron chi connectivity index (χ0n) is 11.7. The van der Waals surface area contributed by atoms with Crippen molar-refractivity contribution in [2.45, 2.75) is 25.7 Å². The maximum atomic E-state index is 11.2. The fourth-order valence-electron chi connectivity index (χ4n) is 2.71. The molecule has 1 fully saturated rings. The van der Waals surface area contributed by atoms with Crippen molar-refractivity contribution in [2.75, 3.05) is 18.0 Å². The number of anilines is 1. The van der Waals surface area contributed by atoms with E-state index in [0.717, 1.165) is 38.0 Å². The number of carboxylic acids is 1. The second-order valence-electron chi connectivity index (χ2n) is 5.39. The summed E-state index contributed by atoms with van der Waals surface area (Å²) < 4.78 is 0.709. The van der Waals surface area contributed by atoms with Crippen LogP contribution in [0.3, 0.4) is 0 Å². The topological polar surface area (TPSA) is 83.6 Å². The minimum atomic E-state index is -0.719. The molecule has 0 aliphatic carbocycles.